The maximum atomic E-state index is 8.94. The van der Waals surface area contributed by atoms with Gasteiger partial charge in [-0.15, -0.1) is 0 Å². The van der Waals surface area contributed by atoms with Gasteiger partial charge in [0, 0.05) is 12.1 Å². The highest BCUT2D eigenvalue weighted by Gasteiger charge is 2.15. The third-order valence-electron chi connectivity index (χ3n) is 1.17. The average molecular weight is 145 g/mol. The van der Waals surface area contributed by atoms with Gasteiger partial charge in [-0.2, -0.15) is 0 Å². The average Bonchev–Trinajstić information content (AvgIpc) is 1.60. The zero-order valence-corrected chi connectivity index (χ0v) is 6.96. The quantitative estimate of drug-likeness (QED) is 0.541. The van der Waals surface area contributed by atoms with Gasteiger partial charge in [-0.05, 0) is 27.8 Å². The summed E-state index contributed by atoms with van der Waals surface area (Å²) in [5.74, 6) is 0. The summed E-state index contributed by atoms with van der Waals surface area (Å²) in [7, 11) is 1.78. The minimum atomic E-state index is -0.664. The molecule has 0 aromatic carbocycles. The van der Waals surface area contributed by atoms with Crippen LogP contribution in [0.25, 0.3) is 0 Å². The molecular weight excluding hydrogens is 128 g/mol. The van der Waals surface area contributed by atoms with Crippen LogP contribution in [-0.4, -0.2) is 35.4 Å². The lowest BCUT2D eigenvalue weighted by molar-refractivity contribution is 0.0479. The normalized spacial score (nSPS) is 15.9. The van der Waals surface area contributed by atoms with Crippen molar-refractivity contribution in [2.24, 2.45) is 5.73 Å². The molecule has 1 unspecified atom stereocenters. The van der Waals surface area contributed by atoms with Gasteiger partial charge in [-0.1, -0.05) is 0 Å². The molecule has 1 radical (unpaired) electrons. The molecule has 0 saturated heterocycles. The summed E-state index contributed by atoms with van der Waals surface area (Å²) >= 11 is 0. The Hall–Kier alpha value is -0.120. The van der Waals surface area contributed by atoms with Gasteiger partial charge in [-0.3, -0.25) is 4.90 Å². The third-order valence-corrected chi connectivity index (χ3v) is 1.17. The first kappa shape index (κ1) is 9.88. The predicted octanol–water partition coefficient (Wildman–Crippen LogP) is -0.192. The van der Waals surface area contributed by atoms with E-state index in [-0.39, 0.29) is 5.54 Å². The molecule has 0 spiro atoms. The first-order valence-corrected chi connectivity index (χ1v) is 3.33. The van der Waals surface area contributed by atoms with Crippen LogP contribution in [0.1, 0.15) is 13.8 Å². The van der Waals surface area contributed by atoms with Crippen molar-refractivity contribution in [2.75, 3.05) is 13.6 Å². The number of hydrogen-bond donors (Lipinski definition) is 2. The Bertz CT molecular complexity index is 96.3. The summed E-state index contributed by atoms with van der Waals surface area (Å²) in [5.41, 5.74) is 5.42. The van der Waals surface area contributed by atoms with Crippen molar-refractivity contribution in [2.45, 2.75) is 25.6 Å². The van der Waals surface area contributed by atoms with E-state index in [0.717, 1.165) is 0 Å². The van der Waals surface area contributed by atoms with Crippen LogP contribution in [0.3, 0.4) is 0 Å². The second-order valence-corrected chi connectivity index (χ2v) is 3.38. The molecule has 3 N–H and O–H groups in total. The fourth-order valence-electron chi connectivity index (χ4n) is 0.748. The van der Waals surface area contributed by atoms with Gasteiger partial charge in [0.1, 0.15) is 6.23 Å². The van der Waals surface area contributed by atoms with Gasteiger partial charge in [-0.25, -0.2) is 0 Å². The number of hydrogen-bond acceptors (Lipinski definition) is 3. The molecular formula is C7H17N2O. The van der Waals surface area contributed by atoms with Crippen LogP contribution in [-0.2, 0) is 0 Å². The topological polar surface area (TPSA) is 49.5 Å². The Morgan fingerprint density at radius 1 is 1.70 bits per heavy atom. The smallest absolute Gasteiger partial charge is 0.107 e. The highest BCUT2D eigenvalue weighted by atomic mass is 16.3. The van der Waals surface area contributed by atoms with E-state index in [1.165, 1.54) is 0 Å². The van der Waals surface area contributed by atoms with E-state index >= 15 is 0 Å². The highest BCUT2D eigenvalue weighted by Crippen LogP contribution is 2.00. The van der Waals surface area contributed by atoms with Gasteiger partial charge in [0.2, 0.25) is 0 Å². The SMILES string of the molecule is [CH2]C(O)N(C)CC(C)(C)N. The first-order valence-electron chi connectivity index (χ1n) is 3.33. The maximum absolute atomic E-state index is 8.94. The number of aliphatic hydroxyl groups excluding tert-OH is 1. The zero-order chi connectivity index (χ0) is 8.36. The zero-order valence-electron chi connectivity index (χ0n) is 6.96. The van der Waals surface area contributed by atoms with Gasteiger partial charge in [0.05, 0.1) is 0 Å². The van der Waals surface area contributed by atoms with Crippen LogP contribution < -0.4 is 5.73 Å². The van der Waals surface area contributed by atoms with Gasteiger partial charge in [0.15, 0.2) is 0 Å². The highest BCUT2D eigenvalue weighted by molar-refractivity contribution is 4.76. The van der Waals surface area contributed by atoms with Crippen LogP contribution in [0, 0.1) is 6.92 Å². The van der Waals surface area contributed by atoms with E-state index in [1.54, 1.807) is 11.9 Å². The predicted molar refractivity (Wildman–Crippen MR) is 42.3 cm³/mol. The molecule has 3 heteroatoms. The number of rotatable bonds is 3. The molecule has 0 aromatic heterocycles. The standard InChI is InChI=1S/C7H17N2O/c1-6(10)9(4)5-7(2,3)8/h6,10H,1,5,8H2,2-4H3. The summed E-state index contributed by atoms with van der Waals surface area (Å²) in [6.07, 6.45) is -0.664. The minimum absolute atomic E-state index is 0.270. The van der Waals surface area contributed by atoms with Crippen molar-refractivity contribution in [1.82, 2.24) is 4.90 Å². The molecule has 0 bridgehead atoms. The molecule has 10 heavy (non-hydrogen) atoms. The third kappa shape index (κ3) is 4.73. The van der Waals surface area contributed by atoms with E-state index in [0.29, 0.717) is 6.54 Å². The molecule has 3 nitrogen and oxygen atoms in total. The molecule has 0 aliphatic carbocycles. The van der Waals surface area contributed by atoms with Crippen LogP contribution in [0.2, 0.25) is 0 Å². The Labute approximate surface area is 62.8 Å². The Morgan fingerprint density at radius 3 is 2.20 bits per heavy atom. The summed E-state index contributed by atoms with van der Waals surface area (Å²) in [6, 6.07) is 0. The molecule has 0 aliphatic heterocycles. The molecule has 0 rings (SSSR count). The van der Waals surface area contributed by atoms with E-state index < -0.39 is 6.23 Å². The molecule has 0 fully saturated rings. The lowest BCUT2D eigenvalue weighted by atomic mass is 10.1. The van der Waals surface area contributed by atoms with Crippen molar-refractivity contribution in [3.8, 4) is 0 Å². The summed E-state index contributed by atoms with van der Waals surface area (Å²) in [6.45, 7) is 7.90. The Balaban J connectivity index is 3.68. The van der Waals surface area contributed by atoms with Crippen LogP contribution >= 0.6 is 0 Å². The van der Waals surface area contributed by atoms with Gasteiger partial charge in [0.25, 0.3) is 0 Å². The lowest BCUT2D eigenvalue weighted by Crippen LogP contribution is -2.46. The fourth-order valence-corrected chi connectivity index (χ4v) is 0.748. The summed E-state index contributed by atoms with van der Waals surface area (Å²) in [4.78, 5) is 1.69. The molecule has 1 atom stereocenters. The summed E-state index contributed by atoms with van der Waals surface area (Å²) < 4.78 is 0. The number of nitrogens with zero attached hydrogens (tertiary/aromatic N) is 1. The molecule has 61 valence electrons. The van der Waals surface area contributed by atoms with Gasteiger partial charge >= 0.3 is 0 Å². The van der Waals surface area contributed by atoms with Crippen molar-refractivity contribution in [3.05, 3.63) is 6.92 Å². The van der Waals surface area contributed by atoms with Crippen LogP contribution in [0.4, 0.5) is 0 Å². The van der Waals surface area contributed by atoms with E-state index in [1.807, 2.05) is 13.8 Å². The molecule has 0 saturated carbocycles. The molecule has 0 aromatic rings. The number of likely N-dealkylation sites (N-methyl/N-ethyl adjacent to an activating group) is 1. The largest absolute Gasteiger partial charge is 0.378 e. The second-order valence-electron chi connectivity index (χ2n) is 3.38. The second kappa shape index (κ2) is 3.32. The maximum Gasteiger partial charge on any atom is 0.107 e. The van der Waals surface area contributed by atoms with Crippen molar-refractivity contribution < 1.29 is 5.11 Å². The lowest BCUT2D eigenvalue weighted by Gasteiger charge is -2.28. The van der Waals surface area contributed by atoms with Gasteiger partial charge < -0.3 is 10.8 Å². The molecule has 0 heterocycles. The minimum Gasteiger partial charge on any atom is -0.378 e. The van der Waals surface area contributed by atoms with Crippen molar-refractivity contribution in [1.29, 1.82) is 0 Å². The summed E-state index contributed by atoms with van der Waals surface area (Å²) in [5, 5.41) is 8.94. The molecule has 0 aliphatic rings. The molecule has 0 amide bonds. The van der Waals surface area contributed by atoms with E-state index in [4.69, 9.17) is 10.8 Å². The van der Waals surface area contributed by atoms with Crippen molar-refractivity contribution in [3.63, 3.8) is 0 Å². The van der Waals surface area contributed by atoms with E-state index in [2.05, 4.69) is 6.92 Å². The fraction of sp³-hybridized carbons (Fsp3) is 0.857. The number of aliphatic hydroxyl groups is 1. The van der Waals surface area contributed by atoms with Crippen LogP contribution in [0.5, 0.6) is 0 Å². The van der Waals surface area contributed by atoms with Crippen molar-refractivity contribution >= 4 is 0 Å². The van der Waals surface area contributed by atoms with E-state index in [9.17, 15) is 0 Å². The Kier molecular flexibility index (Phi) is 3.28. The first-order chi connectivity index (χ1) is 4.33. The Morgan fingerprint density at radius 2 is 2.10 bits per heavy atom. The monoisotopic (exact) mass is 145 g/mol. The number of nitrogens with two attached hydrogens (primary N) is 1. The van der Waals surface area contributed by atoms with Crippen LogP contribution in [0.15, 0.2) is 0 Å².